The maximum Gasteiger partial charge on any atom is 0.323 e. The van der Waals surface area contributed by atoms with Crippen molar-refractivity contribution < 1.29 is 9.90 Å². The van der Waals surface area contributed by atoms with Crippen molar-refractivity contribution in [2.45, 2.75) is 41.9 Å². The topological polar surface area (TPSA) is 49.3 Å². The number of likely N-dealkylation sites (N-methyl/N-ethyl adjacent to an activating group) is 1. The van der Waals surface area contributed by atoms with E-state index in [1.54, 1.807) is 11.8 Å². The first-order valence-corrected chi connectivity index (χ1v) is 7.72. The molecular formula is C14H18ClNO2S. The quantitative estimate of drug-likeness (QED) is 0.875. The first-order chi connectivity index (χ1) is 9.05. The monoisotopic (exact) mass is 299 g/mol. The number of aliphatic carboxylic acids is 1. The lowest BCUT2D eigenvalue weighted by Crippen LogP contribution is -2.50. The molecule has 1 aromatic carbocycles. The summed E-state index contributed by atoms with van der Waals surface area (Å²) in [5.41, 5.74) is -0.737. The maximum atomic E-state index is 11.5. The van der Waals surface area contributed by atoms with Crippen LogP contribution < -0.4 is 5.32 Å². The highest BCUT2D eigenvalue weighted by Crippen LogP contribution is 2.40. The van der Waals surface area contributed by atoms with Crippen LogP contribution in [-0.2, 0) is 4.79 Å². The molecule has 0 heterocycles. The van der Waals surface area contributed by atoms with E-state index in [2.05, 4.69) is 5.32 Å². The molecule has 0 saturated heterocycles. The van der Waals surface area contributed by atoms with E-state index in [0.29, 0.717) is 24.6 Å². The normalized spacial score (nSPS) is 26.5. The molecule has 2 N–H and O–H groups in total. The third-order valence-corrected chi connectivity index (χ3v) is 5.04. The van der Waals surface area contributed by atoms with Crippen LogP contribution >= 0.6 is 23.4 Å². The molecule has 2 rings (SSSR count). The highest BCUT2D eigenvalue weighted by molar-refractivity contribution is 8.00. The summed E-state index contributed by atoms with van der Waals surface area (Å²) in [6.45, 7) is 2.63. The number of benzene rings is 1. The minimum atomic E-state index is -0.737. The van der Waals surface area contributed by atoms with E-state index in [-0.39, 0.29) is 0 Å². The lowest BCUT2D eigenvalue weighted by Gasteiger charge is -2.25. The van der Waals surface area contributed by atoms with E-state index in [1.165, 1.54) is 0 Å². The molecule has 1 saturated carbocycles. The van der Waals surface area contributed by atoms with Crippen molar-refractivity contribution >= 4 is 29.3 Å². The van der Waals surface area contributed by atoms with Crippen molar-refractivity contribution in [1.29, 1.82) is 0 Å². The van der Waals surface area contributed by atoms with Crippen LogP contribution in [0.3, 0.4) is 0 Å². The summed E-state index contributed by atoms with van der Waals surface area (Å²) in [6.07, 6.45) is 2.29. The second-order valence-corrected chi connectivity index (χ2v) is 6.66. The second kappa shape index (κ2) is 6.16. The highest BCUT2D eigenvalue weighted by atomic mass is 35.5. The molecule has 0 radical (unpaired) electrons. The van der Waals surface area contributed by atoms with Crippen LogP contribution in [0.1, 0.15) is 26.2 Å². The number of halogens is 1. The Morgan fingerprint density at radius 3 is 2.79 bits per heavy atom. The van der Waals surface area contributed by atoms with E-state index in [4.69, 9.17) is 11.6 Å². The van der Waals surface area contributed by atoms with Gasteiger partial charge in [0.2, 0.25) is 0 Å². The Morgan fingerprint density at radius 2 is 2.21 bits per heavy atom. The van der Waals surface area contributed by atoms with Crippen molar-refractivity contribution in [2.24, 2.45) is 0 Å². The van der Waals surface area contributed by atoms with Gasteiger partial charge >= 0.3 is 5.97 Å². The van der Waals surface area contributed by atoms with Gasteiger partial charge in [0.15, 0.2) is 0 Å². The van der Waals surface area contributed by atoms with Crippen molar-refractivity contribution in [3.05, 3.63) is 29.3 Å². The minimum absolute atomic E-state index is 0.344. The number of hydrogen-bond acceptors (Lipinski definition) is 3. The molecule has 1 aliphatic carbocycles. The summed E-state index contributed by atoms with van der Waals surface area (Å²) in [5.74, 6) is -0.728. The molecule has 104 valence electrons. The van der Waals surface area contributed by atoms with Crippen LogP contribution in [0.15, 0.2) is 29.2 Å². The fourth-order valence-corrected chi connectivity index (χ4v) is 3.98. The molecule has 0 bridgehead atoms. The molecule has 3 nitrogen and oxygen atoms in total. The lowest BCUT2D eigenvalue weighted by atomic mass is 9.98. The average Bonchev–Trinajstić information content (AvgIpc) is 2.77. The zero-order valence-electron chi connectivity index (χ0n) is 10.9. The standard InChI is InChI=1S/C14H18ClNO2S/c1-2-16-14(13(17)18)8-7-12(9-14)19-11-5-3-10(15)4-6-11/h3-6,12,16H,2,7-9H2,1H3,(H,17,18). The molecule has 0 aromatic heterocycles. The molecule has 0 spiro atoms. The van der Waals surface area contributed by atoms with Crippen LogP contribution in [0.25, 0.3) is 0 Å². The van der Waals surface area contributed by atoms with Gasteiger partial charge in [0.1, 0.15) is 5.54 Å². The Morgan fingerprint density at radius 1 is 1.53 bits per heavy atom. The third-order valence-electron chi connectivity index (χ3n) is 3.51. The average molecular weight is 300 g/mol. The molecule has 0 aliphatic heterocycles. The van der Waals surface area contributed by atoms with E-state index in [9.17, 15) is 9.90 Å². The Bertz CT molecular complexity index is 451. The van der Waals surface area contributed by atoms with Gasteiger partial charge < -0.3 is 10.4 Å². The summed E-state index contributed by atoms with van der Waals surface area (Å²) in [6, 6.07) is 7.71. The molecule has 19 heavy (non-hydrogen) atoms. The smallest absolute Gasteiger partial charge is 0.323 e. The first-order valence-electron chi connectivity index (χ1n) is 6.46. The van der Waals surface area contributed by atoms with Crippen LogP contribution in [0, 0.1) is 0 Å². The van der Waals surface area contributed by atoms with Gasteiger partial charge in [-0.3, -0.25) is 4.79 Å². The summed E-state index contributed by atoms with van der Waals surface area (Å²) in [7, 11) is 0. The zero-order valence-corrected chi connectivity index (χ0v) is 12.4. The number of carboxylic acids is 1. The first kappa shape index (κ1) is 14.7. The number of carboxylic acid groups (broad SMARTS) is 1. The molecule has 5 heteroatoms. The summed E-state index contributed by atoms with van der Waals surface area (Å²) in [4.78, 5) is 12.6. The van der Waals surface area contributed by atoms with Gasteiger partial charge in [0.05, 0.1) is 0 Å². The number of hydrogen-bond donors (Lipinski definition) is 2. The number of carbonyl (C=O) groups is 1. The zero-order chi connectivity index (χ0) is 13.9. The van der Waals surface area contributed by atoms with Crippen LogP contribution in [-0.4, -0.2) is 28.4 Å². The van der Waals surface area contributed by atoms with Gasteiger partial charge in [-0.25, -0.2) is 0 Å². The highest BCUT2D eigenvalue weighted by Gasteiger charge is 2.45. The van der Waals surface area contributed by atoms with Crippen LogP contribution in [0.2, 0.25) is 5.02 Å². The molecule has 1 fully saturated rings. The minimum Gasteiger partial charge on any atom is -0.480 e. The molecule has 1 aromatic rings. The van der Waals surface area contributed by atoms with Gasteiger partial charge in [-0.05, 0) is 50.1 Å². The van der Waals surface area contributed by atoms with Gasteiger partial charge in [-0.1, -0.05) is 18.5 Å². The van der Waals surface area contributed by atoms with E-state index in [0.717, 1.165) is 16.3 Å². The predicted octanol–water partition coefficient (Wildman–Crippen LogP) is 3.42. The van der Waals surface area contributed by atoms with Crippen LogP contribution in [0.4, 0.5) is 0 Å². The number of thioether (sulfide) groups is 1. The summed E-state index contributed by atoms with van der Waals surface area (Å²) in [5, 5.41) is 13.6. The van der Waals surface area contributed by atoms with Gasteiger partial charge in [0.25, 0.3) is 0 Å². The Labute approximate surface area is 122 Å². The Balaban J connectivity index is 2.01. The fraction of sp³-hybridized carbons (Fsp3) is 0.500. The van der Waals surface area contributed by atoms with Gasteiger partial charge in [-0.15, -0.1) is 11.8 Å². The second-order valence-electron chi connectivity index (χ2n) is 4.85. The van der Waals surface area contributed by atoms with E-state index in [1.807, 2.05) is 31.2 Å². The third kappa shape index (κ3) is 3.44. The maximum absolute atomic E-state index is 11.5. The van der Waals surface area contributed by atoms with Gasteiger partial charge in [-0.2, -0.15) is 0 Å². The fourth-order valence-electron chi connectivity index (χ4n) is 2.58. The Hall–Kier alpha value is -0.710. The lowest BCUT2D eigenvalue weighted by molar-refractivity contribution is -0.144. The SMILES string of the molecule is CCNC1(C(=O)O)CCC(Sc2ccc(Cl)cc2)C1. The van der Waals surface area contributed by atoms with Crippen molar-refractivity contribution in [1.82, 2.24) is 5.32 Å². The molecular weight excluding hydrogens is 282 g/mol. The molecule has 1 aliphatic rings. The van der Waals surface area contributed by atoms with Crippen molar-refractivity contribution in [3.8, 4) is 0 Å². The Kier molecular flexibility index (Phi) is 4.76. The van der Waals surface area contributed by atoms with Gasteiger partial charge in [0, 0.05) is 15.2 Å². The van der Waals surface area contributed by atoms with Crippen LogP contribution in [0.5, 0.6) is 0 Å². The molecule has 2 atom stereocenters. The van der Waals surface area contributed by atoms with E-state index < -0.39 is 11.5 Å². The largest absolute Gasteiger partial charge is 0.480 e. The molecule has 2 unspecified atom stereocenters. The molecule has 0 amide bonds. The summed E-state index contributed by atoms with van der Waals surface area (Å²) >= 11 is 7.60. The number of rotatable bonds is 5. The van der Waals surface area contributed by atoms with Crippen molar-refractivity contribution in [3.63, 3.8) is 0 Å². The predicted molar refractivity (Wildman–Crippen MR) is 79.0 cm³/mol. The van der Waals surface area contributed by atoms with Crippen molar-refractivity contribution in [2.75, 3.05) is 6.54 Å². The summed E-state index contributed by atoms with van der Waals surface area (Å²) < 4.78 is 0. The van der Waals surface area contributed by atoms with E-state index >= 15 is 0 Å². The number of nitrogens with one attached hydrogen (secondary N) is 1.